The predicted octanol–water partition coefficient (Wildman–Crippen LogP) is 2.54. The monoisotopic (exact) mass is 381 g/mol. The standard InChI is InChI=1S/C19H13F2N5O2/c20-12-3-1-11(2-4-12)15-9-16-19(28)24-23-17(26(16)25-15)10-18(27)22-14-7-5-13(21)6-8-14/h1-9H,10H2,(H,22,27)(H,24,28). The van der Waals surface area contributed by atoms with Crippen LogP contribution in [0.4, 0.5) is 14.5 Å². The van der Waals surface area contributed by atoms with Crippen molar-refractivity contribution in [1.29, 1.82) is 0 Å². The molecule has 1 amide bonds. The first kappa shape index (κ1) is 17.5. The van der Waals surface area contributed by atoms with Crippen molar-refractivity contribution in [2.75, 3.05) is 5.32 Å². The first-order chi connectivity index (χ1) is 13.5. The van der Waals surface area contributed by atoms with Gasteiger partial charge >= 0.3 is 0 Å². The number of amides is 1. The Bertz CT molecular complexity index is 1210. The lowest BCUT2D eigenvalue weighted by Crippen LogP contribution is -2.22. The second-order valence-corrected chi connectivity index (χ2v) is 6.03. The second kappa shape index (κ2) is 7.03. The zero-order chi connectivity index (χ0) is 19.7. The summed E-state index contributed by atoms with van der Waals surface area (Å²) in [6.07, 6.45) is -0.171. The Labute approximate surface area is 156 Å². The molecule has 2 aromatic heterocycles. The van der Waals surface area contributed by atoms with Crippen LogP contribution in [0.3, 0.4) is 0 Å². The Morgan fingerprint density at radius 3 is 2.36 bits per heavy atom. The molecule has 0 fully saturated rings. The van der Waals surface area contributed by atoms with Gasteiger partial charge in [-0.3, -0.25) is 9.59 Å². The van der Waals surface area contributed by atoms with Crippen LogP contribution in [-0.4, -0.2) is 25.7 Å². The number of hydrogen-bond donors (Lipinski definition) is 2. The number of benzene rings is 2. The summed E-state index contributed by atoms with van der Waals surface area (Å²) in [5.74, 6) is -0.995. The van der Waals surface area contributed by atoms with Crippen LogP contribution in [-0.2, 0) is 11.2 Å². The normalized spacial score (nSPS) is 10.9. The number of rotatable bonds is 4. The number of aromatic nitrogens is 4. The molecule has 7 nitrogen and oxygen atoms in total. The number of carbonyl (C=O) groups is 1. The fraction of sp³-hybridized carbons (Fsp3) is 0.0526. The van der Waals surface area contributed by atoms with Crippen molar-refractivity contribution in [2.45, 2.75) is 6.42 Å². The van der Waals surface area contributed by atoms with E-state index in [0.29, 0.717) is 16.9 Å². The lowest BCUT2D eigenvalue weighted by Gasteiger charge is -2.05. The van der Waals surface area contributed by atoms with Crippen molar-refractivity contribution in [2.24, 2.45) is 0 Å². The minimum absolute atomic E-state index is 0.171. The Hall–Kier alpha value is -3.88. The molecule has 0 unspecified atom stereocenters. The number of H-pyrrole nitrogens is 1. The highest BCUT2D eigenvalue weighted by atomic mass is 19.1. The number of fused-ring (bicyclic) bond motifs is 1. The molecular weight excluding hydrogens is 368 g/mol. The van der Waals surface area contributed by atoms with Crippen LogP contribution in [0.25, 0.3) is 16.8 Å². The summed E-state index contributed by atoms with van der Waals surface area (Å²) >= 11 is 0. The van der Waals surface area contributed by atoms with E-state index in [4.69, 9.17) is 0 Å². The fourth-order valence-electron chi connectivity index (χ4n) is 2.72. The molecule has 2 heterocycles. The molecule has 0 aliphatic rings. The molecule has 4 aromatic rings. The van der Waals surface area contributed by atoms with Gasteiger partial charge in [-0.1, -0.05) is 0 Å². The van der Waals surface area contributed by atoms with Crippen molar-refractivity contribution in [3.63, 3.8) is 0 Å². The van der Waals surface area contributed by atoms with Crippen molar-refractivity contribution in [3.05, 3.63) is 82.4 Å². The van der Waals surface area contributed by atoms with E-state index in [2.05, 4.69) is 20.6 Å². The van der Waals surface area contributed by atoms with Gasteiger partial charge in [-0.2, -0.15) is 10.2 Å². The molecule has 0 aliphatic carbocycles. The largest absolute Gasteiger partial charge is 0.326 e. The summed E-state index contributed by atoms with van der Waals surface area (Å²) in [4.78, 5) is 24.4. The van der Waals surface area contributed by atoms with E-state index in [1.165, 1.54) is 47.0 Å². The first-order valence-corrected chi connectivity index (χ1v) is 8.28. The number of carbonyl (C=O) groups excluding carboxylic acids is 1. The summed E-state index contributed by atoms with van der Waals surface area (Å²) in [5.41, 5.74) is 1.23. The van der Waals surface area contributed by atoms with Crippen LogP contribution in [0.15, 0.2) is 59.4 Å². The molecule has 0 saturated heterocycles. The summed E-state index contributed by atoms with van der Waals surface area (Å²) in [6, 6.07) is 12.5. The van der Waals surface area contributed by atoms with Gasteiger partial charge in [0, 0.05) is 11.3 Å². The Kier molecular flexibility index (Phi) is 4.40. The quantitative estimate of drug-likeness (QED) is 0.568. The number of nitrogens with zero attached hydrogens (tertiary/aromatic N) is 3. The van der Waals surface area contributed by atoms with Crippen molar-refractivity contribution >= 4 is 17.1 Å². The fourth-order valence-corrected chi connectivity index (χ4v) is 2.72. The molecule has 28 heavy (non-hydrogen) atoms. The zero-order valence-electron chi connectivity index (χ0n) is 14.3. The maximum atomic E-state index is 13.1. The zero-order valence-corrected chi connectivity index (χ0v) is 14.3. The van der Waals surface area contributed by atoms with Gasteiger partial charge in [0.15, 0.2) is 5.82 Å². The molecule has 0 aliphatic heterocycles. The molecule has 140 valence electrons. The maximum absolute atomic E-state index is 13.1. The number of anilines is 1. The van der Waals surface area contributed by atoms with Gasteiger partial charge in [0.1, 0.15) is 17.2 Å². The van der Waals surface area contributed by atoms with Gasteiger partial charge in [0.05, 0.1) is 12.1 Å². The molecule has 0 spiro atoms. The summed E-state index contributed by atoms with van der Waals surface area (Å²) in [5, 5.41) is 13.2. The van der Waals surface area contributed by atoms with Crippen LogP contribution in [0, 0.1) is 11.6 Å². The molecule has 0 atom stereocenters. The number of hydrogen-bond acceptors (Lipinski definition) is 4. The summed E-state index contributed by atoms with van der Waals surface area (Å²) in [7, 11) is 0. The average Bonchev–Trinajstić information content (AvgIpc) is 3.13. The smallest absolute Gasteiger partial charge is 0.290 e. The third kappa shape index (κ3) is 3.50. The molecular formula is C19H13F2N5O2. The van der Waals surface area contributed by atoms with Gasteiger partial charge in [-0.25, -0.2) is 18.4 Å². The number of nitrogens with one attached hydrogen (secondary N) is 2. The van der Waals surface area contributed by atoms with E-state index in [1.807, 2.05) is 0 Å². The van der Waals surface area contributed by atoms with E-state index in [1.54, 1.807) is 12.1 Å². The SMILES string of the molecule is O=C(Cc1n[nH]c(=O)c2cc(-c3ccc(F)cc3)nn12)Nc1ccc(F)cc1. The van der Waals surface area contributed by atoms with Crippen molar-refractivity contribution < 1.29 is 13.6 Å². The lowest BCUT2D eigenvalue weighted by molar-refractivity contribution is -0.115. The first-order valence-electron chi connectivity index (χ1n) is 8.28. The predicted molar refractivity (Wildman–Crippen MR) is 97.7 cm³/mol. The molecule has 9 heteroatoms. The van der Waals surface area contributed by atoms with E-state index in [-0.39, 0.29) is 23.6 Å². The molecule has 0 bridgehead atoms. The van der Waals surface area contributed by atoms with Crippen LogP contribution in [0.5, 0.6) is 0 Å². The van der Waals surface area contributed by atoms with Gasteiger partial charge in [0.2, 0.25) is 5.91 Å². The molecule has 4 rings (SSSR count). The summed E-state index contributed by atoms with van der Waals surface area (Å²) in [6.45, 7) is 0. The number of aromatic amines is 1. The van der Waals surface area contributed by atoms with Gasteiger partial charge in [-0.05, 0) is 54.6 Å². The van der Waals surface area contributed by atoms with Crippen LogP contribution in [0.1, 0.15) is 5.82 Å². The topological polar surface area (TPSA) is 92.2 Å². The highest BCUT2D eigenvalue weighted by Gasteiger charge is 2.15. The Balaban J connectivity index is 1.64. The van der Waals surface area contributed by atoms with E-state index in [0.717, 1.165) is 0 Å². The van der Waals surface area contributed by atoms with Crippen LogP contribution < -0.4 is 10.9 Å². The maximum Gasteiger partial charge on any atom is 0.290 e. The molecule has 2 aromatic carbocycles. The Morgan fingerprint density at radius 1 is 1.04 bits per heavy atom. The van der Waals surface area contributed by atoms with Gasteiger partial charge < -0.3 is 5.32 Å². The second-order valence-electron chi connectivity index (χ2n) is 6.03. The minimum Gasteiger partial charge on any atom is -0.326 e. The van der Waals surface area contributed by atoms with Gasteiger partial charge in [0.25, 0.3) is 5.56 Å². The molecule has 2 N–H and O–H groups in total. The van der Waals surface area contributed by atoms with E-state index in [9.17, 15) is 18.4 Å². The highest BCUT2D eigenvalue weighted by Crippen LogP contribution is 2.19. The summed E-state index contributed by atoms with van der Waals surface area (Å²) < 4.78 is 27.4. The molecule has 0 radical (unpaired) electrons. The lowest BCUT2D eigenvalue weighted by atomic mass is 10.1. The third-order valence-electron chi connectivity index (χ3n) is 4.06. The molecule has 0 saturated carbocycles. The van der Waals surface area contributed by atoms with Crippen molar-refractivity contribution in [3.8, 4) is 11.3 Å². The van der Waals surface area contributed by atoms with E-state index < -0.39 is 17.3 Å². The average molecular weight is 381 g/mol. The third-order valence-corrected chi connectivity index (χ3v) is 4.06. The van der Waals surface area contributed by atoms with Crippen LogP contribution in [0.2, 0.25) is 0 Å². The van der Waals surface area contributed by atoms with Crippen molar-refractivity contribution in [1.82, 2.24) is 19.8 Å². The number of halogens is 2. The van der Waals surface area contributed by atoms with Gasteiger partial charge in [-0.15, -0.1) is 0 Å². The highest BCUT2D eigenvalue weighted by molar-refractivity contribution is 5.91. The van der Waals surface area contributed by atoms with E-state index >= 15 is 0 Å². The Morgan fingerprint density at radius 2 is 1.68 bits per heavy atom. The van der Waals surface area contributed by atoms with Crippen LogP contribution >= 0.6 is 0 Å². The minimum atomic E-state index is -0.469.